The van der Waals surface area contributed by atoms with E-state index in [9.17, 15) is 9.59 Å². The van der Waals surface area contributed by atoms with E-state index in [1.165, 1.54) is 0 Å². The van der Waals surface area contributed by atoms with Crippen molar-refractivity contribution < 1.29 is 19.1 Å². The molecule has 30 heavy (non-hydrogen) atoms. The molecule has 0 spiro atoms. The molecule has 1 unspecified atom stereocenters. The van der Waals surface area contributed by atoms with Crippen molar-refractivity contribution in [2.24, 2.45) is 0 Å². The van der Waals surface area contributed by atoms with Gasteiger partial charge < -0.3 is 20.1 Å². The summed E-state index contributed by atoms with van der Waals surface area (Å²) in [5.41, 5.74) is 0.942. The number of methoxy groups -OCH3 is 2. The average Bonchev–Trinajstić information content (AvgIpc) is 3.27. The Balaban J connectivity index is 1.56. The Bertz CT molecular complexity index is 840. The topological polar surface area (TPSA) is 97.7 Å². The number of amides is 2. The molecule has 0 radical (unpaired) electrons. The van der Waals surface area contributed by atoms with E-state index in [0.29, 0.717) is 37.7 Å². The van der Waals surface area contributed by atoms with Gasteiger partial charge in [-0.25, -0.2) is 0 Å². The number of carbonyl (C=O) groups excluding carboxylic acids is 2. The normalized spacial score (nSPS) is 16.7. The van der Waals surface area contributed by atoms with Crippen LogP contribution in [-0.4, -0.2) is 66.4 Å². The van der Waals surface area contributed by atoms with E-state index in [2.05, 4.69) is 15.7 Å². The van der Waals surface area contributed by atoms with Crippen LogP contribution in [0, 0.1) is 0 Å². The number of hydrogen-bond acceptors (Lipinski definition) is 6. The van der Waals surface area contributed by atoms with Crippen LogP contribution in [0.3, 0.4) is 0 Å². The van der Waals surface area contributed by atoms with Crippen molar-refractivity contribution in [3.8, 4) is 11.5 Å². The second kappa shape index (κ2) is 10.6. The summed E-state index contributed by atoms with van der Waals surface area (Å²) < 4.78 is 12.5. The van der Waals surface area contributed by atoms with Gasteiger partial charge in [-0.15, -0.1) is 0 Å². The van der Waals surface area contributed by atoms with Gasteiger partial charge in [0.25, 0.3) is 0 Å². The fourth-order valence-corrected chi connectivity index (χ4v) is 3.52. The highest BCUT2D eigenvalue weighted by molar-refractivity contribution is 5.88. The van der Waals surface area contributed by atoms with E-state index in [4.69, 9.17) is 9.47 Å². The number of nitrogens with zero attached hydrogens (tertiary/aromatic N) is 3. The van der Waals surface area contributed by atoms with Crippen LogP contribution in [0.1, 0.15) is 18.4 Å². The Morgan fingerprint density at radius 3 is 2.93 bits per heavy atom. The van der Waals surface area contributed by atoms with Gasteiger partial charge in [0.15, 0.2) is 0 Å². The first kappa shape index (κ1) is 21.6. The minimum Gasteiger partial charge on any atom is -0.497 e. The highest BCUT2D eigenvalue weighted by Gasteiger charge is 2.32. The standard InChI is InChI=1S/C21H29N5O4/c1-29-17-6-5-16(19(13-17)30-2)15-25-12-9-23-21(28)18(25)14-20(27)22-7-3-10-26-11-4-8-24-26/h4-6,8,11,13,18H,3,7,9-10,12,14-15H2,1-2H3,(H,22,27)(H,23,28). The number of aromatic nitrogens is 2. The Labute approximate surface area is 176 Å². The van der Waals surface area contributed by atoms with Crippen LogP contribution in [0.2, 0.25) is 0 Å². The van der Waals surface area contributed by atoms with Gasteiger partial charge in [0.1, 0.15) is 11.5 Å². The van der Waals surface area contributed by atoms with E-state index in [1.807, 2.05) is 40.0 Å². The van der Waals surface area contributed by atoms with Gasteiger partial charge in [-0.1, -0.05) is 6.07 Å². The highest BCUT2D eigenvalue weighted by atomic mass is 16.5. The molecule has 2 aromatic rings. The third-order valence-electron chi connectivity index (χ3n) is 5.13. The van der Waals surface area contributed by atoms with Gasteiger partial charge in [-0.3, -0.25) is 19.2 Å². The van der Waals surface area contributed by atoms with Gasteiger partial charge in [0, 0.05) is 56.7 Å². The van der Waals surface area contributed by atoms with Crippen molar-refractivity contribution in [1.29, 1.82) is 0 Å². The predicted molar refractivity (Wildman–Crippen MR) is 111 cm³/mol. The third-order valence-corrected chi connectivity index (χ3v) is 5.13. The van der Waals surface area contributed by atoms with Crippen molar-refractivity contribution >= 4 is 11.8 Å². The largest absolute Gasteiger partial charge is 0.497 e. The molecule has 0 aliphatic carbocycles. The molecule has 1 atom stereocenters. The molecule has 162 valence electrons. The van der Waals surface area contributed by atoms with Crippen molar-refractivity contribution in [1.82, 2.24) is 25.3 Å². The van der Waals surface area contributed by atoms with Crippen molar-refractivity contribution in [2.45, 2.75) is 32.0 Å². The van der Waals surface area contributed by atoms with Crippen LogP contribution in [-0.2, 0) is 22.7 Å². The van der Waals surface area contributed by atoms with Gasteiger partial charge in [0.05, 0.1) is 26.7 Å². The number of nitrogens with one attached hydrogen (secondary N) is 2. The fraction of sp³-hybridized carbons (Fsp3) is 0.476. The number of ether oxygens (including phenoxy) is 2. The zero-order valence-electron chi connectivity index (χ0n) is 17.5. The molecule has 1 aromatic carbocycles. The second-order valence-electron chi connectivity index (χ2n) is 7.13. The monoisotopic (exact) mass is 415 g/mol. The molecule has 1 fully saturated rings. The molecule has 9 nitrogen and oxygen atoms in total. The summed E-state index contributed by atoms with van der Waals surface area (Å²) in [5.74, 6) is 1.14. The fourth-order valence-electron chi connectivity index (χ4n) is 3.52. The highest BCUT2D eigenvalue weighted by Crippen LogP contribution is 2.27. The lowest BCUT2D eigenvalue weighted by Gasteiger charge is -2.35. The van der Waals surface area contributed by atoms with Crippen LogP contribution < -0.4 is 20.1 Å². The summed E-state index contributed by atoms with van der Waals surface area (Å²) in [7, 11) is 3.21. The maximum atomic E-state index is 12.5. The first-order chi connectivity index (χ1) is 14.6. The number of hydrogen-bond donors (Lipinski definition) is 2. The van der Waals surface area contributed by atoms with Crippen molar-refractivity contribution in [3.05, 3.63) is 42.2 Å². The molecular weight excluding hydrogens is 386 g/mol. The lowest BCUT2D eigenvalue weighted by atomic mass is 10.1. The number of aryl methyl sites for hydroxylation is 1. The molecule has 2 N–H and O–H groups in total. The summed E-state index contributed by atoms with van der Waals surface area (Å²) in [6.07, 6.45) is 4.51. The Hall–Kier alpha value is -3.07. The Morgan fingerprint density at radius 1 is 1.33 bits per heavy atom. The average molecular weight is 415 g/mol. The van der Waals surface area contributed by atoms with Crippen molar-refractivity contribution in [3.63, 3.8) is 0 Å². The smallest absolute Gasteiger partial charge is 0.237 e. The van der Waals surface area contributed by atoms with E-state index >= 15 is 0 Å². The predicted octanol–water partition coefficient (Wildman–Crippen LogP) is 0.797. The molecule has 1 saturated heterocycles. The zero-order chi connectivity index (χ0) is 21.3. The number of benzene rings is 1. The molecule has 1 aliphatic rings. The minimum absolute atomic E-state index is 0.117. The van der Waals surface area contributed by atoms with E-state index in [-0.39, 0.29) is 18.2 Å². The van der Waals surface area contributed by atoms with Gasteiger partial charge in [0.2, 0.25) is 11.8 Å². The first-order valence-electron chi connectivity index (χ1n) is 10.1. The molecule has 2 heterocycles. The van der Waals surface area contributed by atoms with Crippen LogP contribution in [0.25, 0.3) is 0 Å². The first-order valence-corrected chi connectivity index (χ1v) is 10.1. The number of piperazine rings is 1. The Morgan fingerprint density at radius 2 is 2.20 bits per heavy atom. The van der Waals surface area contributed by atoms with E-state index in [0.717, 1.165) is 18.5 Å². The summed E-state index contributed by atoms with van der Waals surface area (Å²) in [4.78, 5) is 26.9. The minimum atomic E-state index is -0.517. The van der Waals surface area contributed by atoms with E-state index in [1.54, 1.807) is 20.4 Å². The van der Waals surface area contributed by atoms with Gasteiger partial charge in [-0.05, 0) is 18.6 Å². The third kappa shape index (κ3) is 5.73. The molecule has 1 aromatic heterocycles. The zero-order valence-corrected chi connectivity index (χ0v) is 17.5. The summed E-state index contributed by atoms with van der Waals surface area (Å²) in [6.45, 7) is 3.01. The Kier molecular flexibility index (Phi) is 7.67. The maximum Gasteiger partial charge on any atom is 0.237 e. The molecule has 3 rings (SSSR count). The van der Waals surface area contributed by atoms with Crippen LogP contribution in [0.5, 0.6) is 11.5 Å². The van der Waals surface area contributed by atoms with Gasteiger partial charge >= 0.3 is 0 Å². The molecule has 9 heteroatoms. The number of rotatable bonds is 10. The number of carbonyl (C=O) groups is 2. The molecular formula is C21H29N5O4. The summed E-state index contributed by atoms with van der Waals surface area (Å²) in [6, 6.07) is 6.96. The lowest BCUT2D eigenvalue weighted by molar-refractivity contribution is -0.134. The molecule has 0 bridgehead atoms. The van der Waals surface area contributed by atoms with Gasteiger partial charge in [-0.2, -0.15) is 5.10 Å². The summed E-state index contributed by atoms with van der Waals surface area (Å²) >= 11 is 0. The summed E-state index contributed by atoms with van der Waals surface area (Å²) in [5, 5.41) is 9.91. The maximum absolute atomic E-state index is 12.5. The van der Waals surface area contributed by atoms with Crippen molar-refractivity contribution in [2.75, 3.05) is 33.9 Å². The SMILES string of the molecule is COc1ccc(CN2CCNC(=O)C2CC(=O)NCCCn2cccn2)c(OC)c1. The molecule has 1 aliphatic heterocycles. The van der Waals surface area contributed by atoms with Crippen LogP contribution in [0.4, 0.5) is 0 Å². The van der Waals surface area contributed by atoms with Crippen LogP contribution in [0.15, 0.2) is 36.7 Å². The van der Waals surface area contributed by atoms with Crippen LogP contribution >= 0.6 is 0 Å². The quantitative estimate of drug-likeness (QED) is 0.557. The molecule has 2 amide bonds. The van der Waals surface area contributed by atoms with E-state index < -0.39 is 6.04 Å². The lowest BCUT2D eigenvalue weighted by Crippen LogP contribution is -2.56. The second-order valence-corrected chi connectivity index (χ2v) is 7.13. The molecule has 0 saturated carbocycles.